The molecule has 0 bridgehead atoms. The van der Waals surface area contributed by atoms with E-state index < -0.39 is 14.6 Å². The average molecular weight is 285 g/mol. The third-order valence-electron chi connectivity index (χ3n) is 2.96. The Morgan fingerprint density at radius 2 is 2.00 bits per heavy atom. The van der Waals surface area contributed by atoms with E-state index in [0.29, 0.717) is 0 Å². The topological polar surface area (TPSA) is 88.2 Å². The maximum Gasteiger partial charge on any atom is 0.269 e. The molecule has 0 spiro atoms. The van der Waals surface area contributed by atoms with Crippen LogP contribution in [0.4, 0.5) is 5.69 Å². The van der Waals surface area contributed by atoms with Crippen molar-refractivity contribution in [1.82, 2.24) is 10.3 Å². The summed E-state index contributed by atoms with van der Waals surface area (Å²) in [6, 6.07) is 3.30. The van der Waals surface area contributed by atoms with Crippen molar-refractivity contribution in [3.8, 4) is 0 Å². The first-order valence-corrected chi connectivity index (χ1v) is 7.68. The molecule has 19 heavy (non-hydrogen) atoms. The fraction of sp³-hybridized carbons (Fsp3) is 0.500. The summed E-state index contributed by atoms with van der Waals surface area (Å²) in [5.41, 5.74) is 1.05. The van der Waals surface area contributed by atoms with Crippen molar-refractivity contribution in [3.05, 3.63) is 24.0 Å². The Bertz CT molecular complexity index is 550. The zero-order valence-corrected chi connectivity index (χ0v) is 12.3. The van der Waals surface area contributed by atoms with E-state index in [1.165, 1.54) is 6.20 Å². The fourth-order valence-electron chi connectivity index (χ4n) is 1.19. The van der Waals surface area contributed by atoms with E-state index in [1.54, 1.807) is 33.0 Å². The molecule has 0 aliphatic rings. The van der Waals surface area contributed by atoms with Crippen LogP contribution >= 0.6 is 0 Å². The van der Waals surface area contributed by atoms with Crippen molar-refractivity contribution in [2.45, 2.75) is 18.6 Å². The zero-order valence-electron chi connectivity index (χ0n) is 11.5. The molecule has 1 heterocycles. The first-order chi connectivity index (χ1) is 8.67. The molecular formula is C12H19N3O3S. The van der Waals surface area contributed by atoms with Gasteiger partial charge in [-0.2, -0.15) is 0 Å². The number of anilines is 1. The van der Waals surface area contributed by atoms with Crippen molar-refractivity contribution >= 4 is 21.4 Å². The summed E-state index contributed by atoms with van der Waals surface area (Å²) in [5.74, 6) is -0.389. The molecule has 1 aromatic rings. The maximum atomic E-state index is 11.8. The number of carbonyl (C=O) groups excluding carboxylic acids is 1. The van der Waals surface area contributed by atoms with Gasteiger partial charge in [0.2, 0.25) is 0 Å². The number of sulfone groups is 1. The van der Waals surface area contributed by atoms with Crippen LogP contribution < -0.4 is 10.6 Å². The minimum absolute atomic E-state index is 0.0418. The van der Waals surface area contributed by atoms with Crippen LogP contribution in [0.3, 0.4) is 0 Å². The molecule has 0 atom stereocenters. The minimum Gasteiger partial charge on any atom is -0.387 e. The van der Waals surface area contributed by atoms with E-state index in [2.05, 4.69) is 15.6 Å². The predicted octanol–water partition coefficient (Wildman–Crippen LogP) is 0.676. The van der Waals surface area contributed by atoms with Gasteiger partial charge in [-0.05, 0) is 26.0 Å². The monoisotopic (exact) mass is 285 g/mol. The summed E-state index contributed by atoms with van der Waals surface area (Å²) in [4.78, 5) is 15.8. The van der Waals surface area contributed by atoms with Gasteiger partial charge in [-0.3, -0.25) is 4.79 Å². The molecule has 6 nitrogen and oxygen atoms in total. The molecule has 0 fully saturated rings. The van der Waals surface area contributed by atoms with Crippen molar-refractivity contribution in [3.63, 3.8) is 0 Å². The molecule has 0 unspecified atom stereocenters. The lowest BCUT2D eigenvalue weighted by Crippen LogP contribution is -2.43. The van der Waals surface area contributed by atoms with Crippen LogP contribution in [-0.4, -0.2) is 43.9 Å². The predicted molar refractivity (Wildman–Crippen MR) is 75.0 cm³/mol. The van der Waals surface area contributed by atoms with Gasteiger partial charge in [0.1, 0.15) is 5.69 Å². The summed E-state index contributed by atoms with van der Waals surface area (Å²) >= 11 is 0. The summed E-state index contributed by atoms with van der Waals surface area (Å²) in [6.07, 6.45) is 2.69. The molecule has 0 aliphatic carbocycles. The molecule has 2 N–H and O–H groups in total. The molecule has 1 rings (SSSR count). The maximum absolute atomic E-state index is 11.8. The molecule has 0 saturated carbocycles. The van der Waals surface area contributed by atoms with E-state index in [0.717, 1.165) is 11.9 Å². The Labute approximate surface area is 113 Å². The quantitative estimate of drug-likeness (QED) is 0.830. The largest absolute Gasteiger partial charge is 0.387 e. The first-order valence-electron chi connectivity index (χ1n) is 5.79. The van der Waals surface area contributed by atoms with Gasteiger partial charge in [-0.25, -0.2) is 13.4 Å². The SMILES string of the molecule is CNc1ccc(C(=O)NCC(C)(C)S(C)(=O)=O)nc1. The average Bonchev–Trinajstić information content (AvgIpc) is 2.35. The molecule has 0 aliphatic heterocycles. The van der Waals surface area contributed by atoms with E-state index >= 15 is 0 Å². The first kappa shape index (κ1) is 15.4. The Hall–Kier alpha value is -1.63. The normalized spacial score (nSPS) is 12.0. The van der Waals surface area contributed by atoms with E-state index in [-0.39, 0.29) is 18.1 Å². The molecule has 0 saturated heterocycles. The lowest BCUT2D eigenvalue weighted by Gasteiger charge is -2.22. The lowest BCUT2D eigenvalue weighted by molar-refractivity contribution is 0.0945. The Morgan fingerprint density at radius 3 is 2.42 bits per heavy atom. The van der Waals surface area contributed by atoms with Crippen LogP contribution in [0.2, 0.25) is 0 Å². The van der Waals surface area contributed by atoms with E-state index in [1.807, 2.05) is 0 Å². The second-order valence-corrected chi connectivity index (χ2v) is 7.55. The van der Waals surface area contributed by atoms with E-state index in [4.69, 9.17) is 0 Å². The minimum atomic E-state index is -3.24. The zero-order chi connectivity index (χ0) is 14.7. The number of hydrogen-bond acceptors (Lipinski definition) is 5. The number of amides is 1. The summed E-state index contributed by atoms with van der Waals surface area (Å²) < 4.78 is 22.0. The highest BCUT2D eigenvalue weighted by atomic mass is 32.2. The van der Waals surface area contributed by atoms with Gasteiger partial charge in [0.25, 0.3) is 5.91 Å². The molecule has 106 valence electrons. The second kappa shape index (κ2) is 5.56. The third kappa shape index (κ3) is 3.92. The smallest absolute Gasteiger partial charge is 0.269 e. The third-order valence-corrected chi connectivity index (χ3v) is 5.12. The number of aromatic nitrogens is 1. The summed E-state index contributed by atoms with van der Waals surface area (Å²) in [7, 11) is -1.48. The van der Waals surface area contributed by atoms with Crippen molar-refractivity contribution < 1.29 is 13.2 Å². The second-order valence-electron chi connectivity index (χ2n) is 4.90. The van der Waals surface area contributed by atoms with Crippen LogP contribution in [0.5, 0.6) is 0 Å². The number of nitrogens with one attached hydrogen (secondary N) is 2. The van der Waals surface area contributed by atoms with Crippen LogP contribution in [0, 0.1) is 0 Å². The highest BCUT2D eigenvalue weighted by Crippen LogP contribution is 2.13. The number of nitrogens with zero attached hydrogens (tertiary/aromatic N) is 1. The van der Waals surface area contributed by atoms with Crippen LogP contribution in [0.1, 0.15) is 24.3 Å². The van der Waals surface area contributed by atoms with Gasteiger partial charge in [0.15, 0.2) is 9.84 Å². The molecule has 0 radical (unpaired) electrons. The Balaban J connectivity index is 2.70. The summed E-state index contributed by atoms with van der Waals surface area (Å²) in [6.45, 7) is 3.18. The van der Waals surface area contributed by atoms with Gasteiger partial charge in [-0.15, -0.1) is 0 Å². The Morgan fingerprint density at radius 1 is 1.37 bits per heavy atom. The van der Waals surface area contributed by atoms with Gasteiger partial charge >= 0.3 is 0 Å². The van der Waals surface area contributed by atoms with Gasteiger partial charge in [0.05, 0.1) is 16.6 Å². The highest BCUT2D eigenvalue weighted by molar-refractivity contribution is 7.92. The number of pyridine rings is 1. The van der Waals surface area contributed by atoms with E-state index in [9.17, 15) is 13.2 Å². The highest BCUT2D eigenvalue weighted by Gasteiger charge is 2.30. The molecule has 7 heteroatoms. The lowest BCUT2D eigenvalue weighted by atomic mass is 10.2. The van der Waals surface area contributed by atoms with Gasteiger partial charge in [-0.1, -0.05) is 0 Å². The molecular weight excluding hydrogens is 266 g/mol. The van der Waals surface area contributed by atoms with Crippen molar-refractivity contribution in [2.24, 2.45) is 0 Å². The van der Waals surface area contributed by atoms with Gasteiger partial charge in [0, 0.05) is 19.8 Å². The fourth-order valence-corrected chi connectivity index (χ4v) is 1.53. The standard InChI is InChI=1S/C12H19N3O3S/c1-12(2,19(4,17)18)8-15-11(16)10-6-5-9(13-3)7-14-10/h5-7,13H,8H2,1-4H3,(H,15,16). The number of carbonyl (C=O) groups is 1. The van der Waals surface area contributed by atoms with Crippen LogP contribution in [-0.2, 0) is 9.84 Å². The summed E-state index contributed by atoms with van der Waals surface area (Å²) in [5, 5.41) is 5.48. The molecule has 1 aromatic heterocycles. The van der Waals surface area contributed by atoms with Crippen molar-refractivity contribution in [1.29, 1.82) is 0 Å². The van der Waals surface area contributed by atoms with Crippen LogP contribution in [0.15, 0.2) is 18.3 Å². The Kier molecular flexibility index (Phi) is 4.52. The van der Waals surface area contributed by atoms with Crippen molar-refractivity contribution in [2.75, 3.05) is 25.2 Å². The van der Waals surface area contributed by atoms with Crippen LogP contribution in [0.25, 0.3) is 0 Å². The number of rotatable bonds is 5. The number of hydrogen-bond donors (Lipinski definition) is 2. The molecule has 0 aromatic carbocycles. The van der Waals surface area contributed by atoms with Gasteiger partial charge < -0.3 is 10.6 Å². The molecule has 1 amide bonds.